The lowest BCUT2D eigenvalue weighted by atomic mass is 9.98. The Morgan fingerprint density at radius 1 is 1.50 bits per heavy atom. The van der Waals surface area contributed by atoms with E-state index in [0.717, 1.165) is 25.6 Å². The molecular weight excluding hydrogens is 202 g/mol. The molecule has 4 nitrogen and oxygen atoms in total. The number of likely N-dealkylation sites (tertiary alicyclic amines) is 1. The van der Waals surface area contributed by atoms with Crippen LogP contribution in [0.5, 0.6) is 0 Å². The maximum absolute atomic E-state index is 11.1. The van der Waals surface area contributed by atoms with Crippen molar-refractivity contribution >= 4 is 5.91 Å². The second kappa shape index (κ2) is 6.86. The molecule has 1 aliphatic rings. The van der Waals surface area contributed by atoms with E-state index in [4.69, 9.17) is 5.73 Å². The van der Waals surface area contributed by atoms with E-state index in [0.29, 0.717) is 0 Å². The summed E-state index contributed by atoms with van der Waals surface area (Å²) in [4.78, 5) is 13.5. The summed E-state index contributed by atoms with van der Waals surface area (Å²) in [6, 6.07) is -0.210. The standard InChI is InChI=1S/C12H25N3O/c1-3-10-5-4-7-15(8-6-10)9-11(14-2)12(13)16/h10-11,14H,3-9H2,1-2H3,(H2,13,16). The lowest BCUT2D eigenvalue weighted by Crippen LogP contribution is -2.48. The maximum atomic E-state index is 11.1. The molecule has 1 saturated heterocycles. The molecule has 0 aliphatic carbocycles. The fourth-order valence-corrected chi connectivity index (χ4v) is 2.40. The Kier molecular flexibility index (Phi) is 5.77. The summed E-state index contributed by atoms with van der Waals surface area (Å²) in [6.07, 6.45) is 5.10. The van der Waals surface area contributed by atoms with Crippen molar-refractivity contribution in [2.75, 3.05) is 26.7 Å². The van der Waals surface area contributed by atoms with Crippen LogP contribution in [0.25, 0.3) is 0 Å². The topological polar surface area (TPSA) is 58.4 Å². The number of hydrogen-bond donors (Lipinski definition) is 2. The van der Waals surface area contributed by atoms with Gasteiger partial charge in [0.05, 0.1) is 6.04 Å². The van der Waals surface area contributed by atoms with Crippen molar-refractivity contribution in [3.8, 4) is 0 Å². The molecule has 4 heteroatoms. The molecular formula is C12H25N3O. The number of nitrogens with two attached hydrogens (primary N) is 1. The first-order valence-electron chi connectivity index (χ1n) is 6.36. The van der Waals surface area contributed by atoms with Crippen LogP contribution in [0.3, 0.4) is 0 Å². The minimum Gasteiger partial charge on any atom is -0.368 e. The number of likely N-dealkylation sites (N-methyl/N-ethyl adjacent to an activating group) is 1. The number of primary amides is 1. The molecule has 0 aromatic heterocycles. The third kappa shape index (κ3) is 4.10. The molecule has 2 unspecified atom stereocenters. The fourth-order valence-electron chi connectivity index (χ4n) is 2.40. The van der Waals surface area contributed by atoms with Gasteiger partial charge in [0.25, 0.3) is 0 Å². The predicted molar refractivity (Wildman–Crippen MR) is 66.1 cm³/mol. The van der Waals surface area contributed by atoms with Crippen molar-refractivity contribution in [3.63, 3.8) is 0 Å². The summed E-state index contributed by atoms with van der Waals surface area (Å²) in [5, 5.41) is 2.98. The maximum Gasteiger partial charge on any atom is 0.235 e. The van der Waals surface area contributed by atoms with Gasteiger partial charge in [0.15, 0.2) is 0 Å². The number of nitrogens with one attached hydrogen (secondary N) is 1. The van der Waals surface area contributed by atoms with Crippen LogP contribution in [-0.2, 0) is 4.79 Å². The molecule has 0 bridgehead atoms. The highest BCUT2D eigenvalue weighted by molar-refractivity contribution is 5.80. The van der Waals surface area contributed by atoms with Gasteiger partial charge in [0, 0.05) is 6.54 Å². The van der Waals surface area contributed by atoms with E-state index in [1.807, 2.05) is 0 Å². The number of rotatable bonds is 5. The minimum absolute atomic E-state index is 0.210. The second-order valence-corrected chi connectivity index (χ2v) is 4.75. The van der Waals surface area contributed by atoms with E-state index in [9.17, 15) is 4.79 Å². The van der Waals surface area contributed by atoms with E-state index in [1.165, 1.54) is 25.7 Å². The van der Waals surface area contributed by atoms with Crippen LogP contribution < -0.4 is 11.1 Å². The van der Waals surface area contributed by atoms with E-state index in [1.54, 1.807) is 7.05 Å². The van der Waals surface area contributed by atoms with Gasteiger partial charge in [-0.2, -0.15) is 0 Å². The Balaban J connectivity index is 2.39. The highest BCUT2D eigenvalue weighted by atomic mass is 16.1. The minimum atomic E-state index is -0.251. The van der Waals surface area contributed by atoms with Gasteiger partial charge in [0.1, 0.15) is 0 Å². The summed E-state index contributed by atoms with van der Waals surface area (Å²) in [7, 11) is 1.79. The van der Waals surface area contributed by atoms with E-state index in [-0.39, 0.29) is 11.9 Å². The molecule has 94 valence electrons. The molecule has 0 radical (unpaired) electrons. The molecule has 2 atom stereocenters. The van der Waals surface area contributed by atoms with Crippen LogP contribution in [0.1, 0.15) is 32.6 Å². The summed E-state index contributed by atoms with van der Waals surface area (Å²) >= 11 is 0. The first-order valence-corrected chi connectivity index (χ1v) is 6.36. The van der Waals surface area contributed by atoms with Crippen LogP contribution in [0, 0.1) is 5.92 Å². The van der Waals surface area contributed by atoms with Gasteiger partial charge in [-0.25, -0.2) is 0 Å². The summed E-state index contributed by atoms with van der Waals surface area (Å²) in [6.45, 7) is 5.22. The first-order chi connectivity index (χ1) is 7.67. The van der Waals surface area contributed by atoms with Crippen LogP contribution >= 0.6 is 0 Å². The smallest absolute Gasteiger partial charge is 0.235 e. The molecule has 1 aliphatic heterocycles. The number of hydrogen-bond acceptors (Lipinski definition) is 3. The van der Waals surface area contributed by atoms with Crippen molar-refractivity contribution < 1.29 is 4.79 Å². The van der Waals surface area contributed by atoms with Crippen molar-refractivity contribution in [1.82, 2.24) is 10.2 Å². The molecule has 3 N–H and O–H groups in total. The number of amides is 1. The zero-order valence-electron chi connectivity index (χ0n) is 10.5. The van der Waals surface area contributed by atoms with Crippen molar-refractivity contribution in [1.29, 1.82) is 0 Å². The number of carbonyl (C=O) groups excluding carboxylic acids is 1. The summed E-state index contributed by atoms with van der Waals surface area (Å²) < 4.78 is 0. The molecule has 1 amide bonds. The molecule has 0 saturated carbocycles. The average Bonchev–Trinajstić information content (AvgIpc) is 2.50. The van der Waals surface area contributed by atoms with Crippen LogP contribution in [0.4, 0.5) is 0 Å². The normalized spacial score (nSPS) is 25.0. The van der Waals surface area contributed by atoms with Crippen LogP contribution in [-0.4, -0.2) is 43.5 Å². The van der Waals surface area contributed by atoms with Gasteiger partial charge in [-0.3, -0.25) is 4.79 Å². The zero-order chi connectivity index (χ0) is 12.0. The van der Waals surface area contributed by atoms with Gasteiger partial charge in [-0.15, -0.1) is 0 Å². The highest BCUT2D eigenvalue weighted by Gasteiger charge is 2.20. The third-order valence-corrected chi connectivity index (χ3v) is 3.65. The quantitative estimate of drug-likeness (QED) is 0.722. The molecule has 0 aromatic rings. The molecule has 0 aromatic carbocycles. The Morgan fingerprint density at radius 2 is 2.25 bits per heavy atom. The Morgan fingerprint density at radius 3 is 2.81 bits per heavy atom. The largest absolute Gasteiger partial charge is 0.368 e. The molecule has 1 heterocycles. The lowest BCUT2D eigenvalue weighted by Gasteiger charge is -2.24. The van der Waals surface area contributed by atoms with Crippen LogP contribution in [0.2, 0.25) is 0 Å². The molecule has 16 heavy (non-hydrogen) atoms. The van der Waals surface area contributed by atoms with Gasteiger partial charge in [-0.05, 0) is 45.3 Å². The Hall–Kier alpha value is -0.610. The number of carbonyl (C=O) groups is 1. The SMILES string of the molecule is CCC1CCCN(CC(NC)C(N)=O)CC1. The summed E-state index contributed by atoms with van der Waals surface area (Å²) in [5.74, 6) is 0.616. The lowest BCUT2D eigenvalue weighted by molar-refractivity contribution is -0.120. The highest BCUT2D eigenvalue weighted by Crippen LogP contribution is 2.20. The van der Waals surface area contributed by atoms with Crippen molar-refractivity contribution in [2.45, 2.75) is 38.6 Å². The first kappa shape index (κ1) is 13.5. The van der Waals surface area contributed by atoms with E-state index >= 15 is 0 Å². The van der Waals surface area contributed by atoms with Crippen molar-refractivity contribution in [2.24, 2.45) is 11.7 Å². The Labute approximate surface area is 98.6 Å². The summed E-state index contributed by atoms with van der Waals surface area (Å²) in [5.41, 5.74) is 5.33. The fraction of sp³-hybridized carbons (Fsp3) is 0.917. The van der Waals surface area contributed by atoms with Gasteiger partial charge in [0.2, 0.25) is 5.91 Å². The van der Waals surface area contributed by atoms with Crippen molar-refractivity contribution in [3.05, 3.63) is 0 Å². The predicted octanol–water partition coefficient (Wildman–Crippen LogP) is 0.572. The van der Waals surface area contributed by atoms with Gasteiger partial charge < -0.3 is 16.0 Å². The van der Waals surface area contributed by atoms with Crippen LogP contribution in [0.15, 0.2) is 0 Å². The molecule has 0 spiro atoms. The third-order valence-electron chi connectivity index (χ3n) is 3.65. The number of nitrogens with zero attached hydrogens (tertiary/aromatic N) is 1. The molecule has 1 rings (SSSR count). The van der Waals surface area contributed by atoms with Gasteiger partial charge >= 0.3 is 0 Å². The second-order valence-electron chi connectivity index (χ2n) is 4.75. The average molecular weight is 227 g/mol. The van der Waals surface area contributed by atoms with E-state index < -0.39 is 0 Å². The monoisotopic (exact) mass is 227 g/mol. The van der Waals surface area contributed by atoms with E-state index in [2.05, 4.69) is 17.1 Å². The zero-order valence-corrected chi connectivity index (χ0v) is 10.5. The Bertz CT molecular complexity index is 220. The molecule has 1 fully saturated rings. The van der Waals surface area contributed by atoms with Gasteiger partial charge in [-0.1, -0.05) is 13.3 Å².